The van der Waals surface area contributed by atoms with Crippen LogP contribution in [0.25, 0.3) is 0 Å². The summed E-state index contributed by atoms with van der Waals surface area (Å²) in [6.45, 7) is 0. The molecule has 6 amide bonds. The lowest BCUT2D eigenvalue weighted by atomic mass is 10.1. The number of hydrogen-bond donors (Lipinski definition) is 9. The third kappa shape index (κ3) is 13.4. The number of carboxylic acids is 2. The second kappa shape index (κ2) is 15.6. The van der Waals surface area contributed by atoms with Gasteiger partial charge in [-0.2, -0.15) is 0 Å². The number of amides is 6. The summed E-state index contributed by atoms with van der Waals surface area (Å²) in [5.41, 5.74) is 20.6. The van der Waals surface area contributed by atoms with Crippen molar-refractivity contribution in [2.45, 2.75) is 69.1 Å². The van der Waals surface area contributed by atoms with Crippen molar-refractivity contribution in [1.82, 2.24) is 16.0 Å². The zero-order valence-corrected chi connectivity index (χ0v) is 19.2. The maximum Gasteiger partial charge on any atom is 0.326 e. The van der Waals surface area contributed by atoms with Gasteiger partial charge < -0.3 is 49.1 Å². The van der Waals surface area contributed by atoms with Crippen molar-refractivity contribution in [3.05, 3.63) is 0 Å². The number of aliphatic carboxylic acids is 2. The summed E-state index contributed by atoms with van der Waals surface area (Å²) in [5.74, 6) is -8.66. The Hall–Kier alpha value is -4.28. The summed E-state index contributed by atoms with van der Waals surface area (Å²) in [5, 5.41) is 24.7. The van der Waals surface area contributed by atoms with Crippen molar-refractivity contribution in [2.24, 2.45) is 22.9 Å². The molecule has 0 rings (SSSR count). The Morgan fingerprint density at radius 2 is 0.972 bits per heavy atom. The van der Waals surface area contributed by atoms with Crippen LogP contribution in [0.15, 0.2) is 0 Å². The van der Waals surface area contributed by atoms with Gasteiger partial charge in [0.1, 0.15) is 18.1 Å². The summed E-state index contributed by atoms with van der Waals surface area (Å²) in [7, 11) is 0. The zero-order valence-electron chi connectivity index (χ0n) is 19.2. The van der Waals surface area contributed by atoms with E-state index >= 15 is 0 Å². The van der Waals surface area contributed by atoms with Gasteiger partial charge in [0, 0.05) is 19.3 Å². The van der Waals surface area contributed by atoms with E-state index in [1.54, 1.807) is 0 Å². The molecule has 36 heavy (non-hydrogen) atoms. The van der Waals surface area contributed by atoms with Crippen molar-refractivity contribution >= 4 is 47.4 Å². The van der Waals surface area contributed by atoms with Gasteiger partial charge in [0.15, 0.2) is 0 Å². The molecule has 0 bridgehead atoms. The predicted octanol–water partition coefficient (Wildman–Crippen LogP) is -4.88. The van der Waals surface area contributed by atoms with E-state index in [2.05, 4.69) is 16.0 Å². The Labute approximate surface area is 204 Å². The first kappa shape index (κ1) is 31.7. The van der Waals surface area contributed by atoms with Gasteiger partial charge >= 0.3 is 11.9 Å². The highest BCUT2D eigenvalue weighted by molar-refractivity contribution is 5.96. The van der Waals surface area contributed by atoms with Crippen LogP contribution >= 0.6 is 0 Å². The maximum absolute atomic E-state index is 12.7. The highest BCUT2D eigenvalue weighted by Crippen LogP contribution is 2.05. The standard InChI is InChI=1S/C19H31N7O10/c20-8(1-4-12(21)27)16(32)26-11(7-15(30)31)18(34)24-9(2-5-13(22)28)17(33)25-10(19(35)36)3-6-14(23)29/h8-11H,1-7,20H2,(H2,21,27)(H2,22,28)(H2,23,29)(H,24,34)(H,25,33)(H,26,32)(H,30,31)(H,35,36). The van der Waals surface area contributed by atoms with Crippen molar-refractivity contribution < 1.29 is 48.6 Å². The first-order chi connectivity index (χ1) is 16.6. The van der Waals surface area contributed by atoms with E-state index in [0.717, 1.165) is 0 Å². The van der Waals surface area contributed by atoms with Crippen molar-refractivity contribution in [3.8, 4) is 0 Å². The largest absolute Gasteiger partial charge is 0.481 e. The topological polar surface area (TPSA) is 317 Å². The lowest BCUT2D eigenvalue weighted by Crippen LogP contribution is -2.57. The molecule has 202 valence electrons. The van der Waals surface area contributed by atoms with Gasteiger partial charge in [-0.3, -0.25) is 33.6 Å². The van der Waals surface area contributed by atoms with Gasteiger partial charge in [0.05, 0.1) is 12.5 Å². The minimum atomic E-state index is -1.73. The normalized spacial score (nSPS) is 13.8. The van der Waals surface area contributed by atoms with E-state index < -0.39 is 90.8 Å². The fourth-order valence-corrected chi connectivity index (χ4v) is 2.74. The quantitative estimate of drug-likeness (QED) is 0.0829. The number of primary amides is 3. The monoisotopic (exact) mass is 517 g/mol. The first-order valence-electron chi connectivity index (χ1n) is 10.6. The summed E-state index contributed by atoms with van der Waals surface area (Å²) >= 11 is 0. The molecule has 0 aromatic carbocycles. The molecule has 0 aliphatic rings. The first-order valence-corrected chi connectivity index (χ1v) is 10.6. The van der Waals surface area contributed by atoms with E-state index in [-0.39, 0.29) is 25.7 Å². The van der Waals surface area contributed by atoms with Crippen molar-refractivity contribution in [2.75, 3.05) is 0 Å². The molecule has 4 unspecified atom stereocenters. The highest BCUT2D eigenvalue weighted by Gasteiger charge is 2.31. The van der Waals surface area contributed by atoms with E-state index in [4.69, 9.17) is 28.0 Å². The van der Waals surface area contributed by atoms with E-state index in [1.807, 2.05) is 0 Å². The Kier molecular flexibility index (Phi) is 13.7. The van der Waals surface area contributed by atoms with Gasteiger partial charge in [0.2, 0.25) is 35.4 Å². The average molecular weight is 517 g/mol. The van der Waals surface area contributed by atoms with Crippen molar-refractivity contribution in [3.63, 3.8) is 0 Å². The SMILES string of the molecule is NC(=O)CCC(N)C(=O)NC(CC(=O)O)C(=O)NC(CCC(N)=O)C(=O)NC(CCC(N)=O)C(=O)O. The van der Waals surface area contributed by atoms with Crippen LogP contribution in [-0.4, -0.2) is 81.8 Å². The molecule has 0 heterocycles. The number of nitrogens with one attached hydrogen (secondary N) is 3. The number of rotatable bonds is 18. The fraction of sp³-hybridized carbons (Fsp3) is 0.579. The van der Waals surface area contributed by atoms with Gasteiger partial charge in [-0.25, -0.2) is 4.79 Å². The molecule has 0 aromatic heterocycles. The fourth-order valence-electron chi connectivity index (χ4n) is 2.74. The molecule has 17 nitrogen and oxygen atoms in total. The number of carboxylic acid groups (broad SMARTS) is 2. The molecule has 0 radical (unpaired) electrons. The molecule has 0 aromatic rings. The summed E-state index contributed by atoms with van der Waals surface area (Å²) in [4.78, 5) is 93.1. The Morgan fingerprint density at radius 3 is 1.42 bits per heavy atom. The number of carbonyl (C=O) groups is 8. The van der Waals surface area contributed by atoms with E-state index in [1.165, 1.54) is 0 Å². The minimum absolute atomic E-state index is 0.186. The maximum atomic E-state index is 12.7. The average Bonchev–Trinajstić information content (AvgIpc) is 2.75. The molecular weight excluding hydrogens is 486 g/mol. The second-order valence-corrected chi connectivity index (χ2v) is 7.74. The van der Waals surface area contributed by atoms with Crippen LogP contribution in [0.2, 0.25) is 0 Å². The molecule has 0 saturated heterocycles. The third-order valence-corrected chi connectivity index (χ3v) is 4.66. The van der Waals surface area contributed by atoms with Crippen molar-refractivity contribution in [1.29, 1.82) is 0 Å². The van der Waals surface area contributed by atoms with Gasteiger partial charge in [-0.05, 0) is 19.3 Å². The summed E-state index contributed by atoms with van der Waals surface area (Å²) in [6, 6.07) is -6.19. The molecule has 0 fully saturated rings. The molecule has 13 N–H and O–H groups in total. The van der Waals surface area contributed by atoms with Crippen LogP contribution in [0.1, 0.15) is 44.9 Å². The number of nitrogens with two attached hydrogens (primary N) is 4. The van der Waals surface area contributed by atoms with Crippen LogP contribution in [0.5, 0.6) is 0 Å². The number of carbonyl (C=O) groups excluding carboxylic acids is 6. The smallest absolute Gasteiger partial charge is 0.326 e. The molecule has 0 aliphatic carbocycles. The van der Waals surface area contributed by atoms with Crippen LogP contribution in [0.3, 0.4) is 0 Å². The van der Waals surface area contributed by atoms with E-state index in [9.17, 15) is 43.5 Å². The van der Waals surface area contributed by atoms with Crippen LogP contribution in [-0.2, 0) is 38.4 Å². The Balaban J connectivity index is 5.59. The van der Waals surface area contributed by atoms with Gasteiger partial charge in [-0.1, -0.05) is 0 Å². The molecule has 17 heteroatoms. The molecule has 0 spiro atoms. The van der Waals surface area contributed by atoms with Crippen LogP contribution in [0.4, 0.5) is 0 Å². The van der Waals surface area contributed by atoms with E-state index in [0.29, 0.717) is 0 Å². The summed E-state index contributed by atoms with van der Waals surface area (Å²) in [6.07, 6.45) is -2.94. The predicted molar refractivity (Wildman–Crippen MR) is 119 cm³/mol. The van der Waals surface area contributed by atoms with Crippen LogP contribution < -0.4 is 38.9 Å². The highest BCUT2D eigenvalue weighted by atomic mass is 16.4. The Bertz CT molecular complexity index is 879. The summed E-state index contributed by atoms with van der Waals surface area (Å²) < 4.78 is 0. The van der Waals surface area contributed by atoms with Crippen LogP contribution in [0, 0.1) is 0 Å². The lowest BCUT2D eigenvalue weighted by Gasteiger charge is -2.24. The zero-order chi connectivity index (χ0) is 28.0. The molecule has 0 aliphatic heterocycles. The molecule has 4 atom stereocenters. The molecule has 0 saturated carbocycles. The minimum Gasteiger partial charge on any atom is -0.481 e. The Morgan fingerprint density at radius 1 is 0.583 bits per heavy atom. The second-order valence-electron chi connectivity index (χ2n) is 7.74. The van der Waals surface area contributed by atoms with Gasteiger partial charge in [0.25, 0.3) is 0 Å². The molecular formula is C19H31N7O10. The van der Waals surface area contributed by atoms with Gasteiger partial charge in [-0.15, -0.1) is 0 Å². The lowest BCUT2D eigenvalue weighted by molar-refractivity contribution is -0.143. The third-order valence-electron chi connectivity index (χ3n) is 4.66. The number of hydrogen-bond acceptors (Lipinski definition) is 9.